The van der Waals surface area contributed by atoms with Gasteiger partial charge in [0.2, 0.25) is 0 Å². The third kappa shape index (κ3) is 8.85. The lowest BCUT2D eigenvalue weighted by atomic mass is 9.94. The van der Waals surface area contributed by atoms with E-state index in [2.05, 4.69) is 26.1 Å². The molecule has 20 heavy (non-hydrogen) atoms. The molecule has 1 N–H and O–H groups in total. The van der Waals surface area contributed by atoms with Crippen molar-refractivity contribution >= 4 is 17.7 Å². The van der Waals surface area contributed by atoms with E-state index < -0.39 is 5.54 Å². The summed E-state index contributed by atoms with van der Waals surface area (Å²) < 4.78 is 5.21. The van der Waals surface area contributed by atoms with Crippen molar-refractivity contribution in [2.75, 3.05) is 18.1 Å². The Morgan fingerprint density at radius 2 is 1.85 bits per heavy atom. The molecule has 3 nitrogen and oxygen atoms in total. The summed E-state index contributed by atoms with van der Waals surface area (Å²) in [7, 11) is 0. The van der Waals surface area contributed by atoms with Crippen LogP contribution in [0.25, 0.3) is 0 Å². The molecule has 0 rings (SSSR count). The lowest BCUT2D eigenvalue weighted by Crippen LogP contribution is -2.53. The average molecular weight is 304 g/mol. The van der Waals surface area contributed by atoms with E-state index in [-0.39, 0.29) is 12.0 Å². The van der Waals surface area contributed by atoms with Crippen LogP contribution >= 0.6 is 11.8 Å². The number of carbonyl (C=O) groups is 1. The van der Waals surface area contributed by atoms with E-state index in [0.717, 1.165) is 12.8 Å². The zero-order valence-electron chi connectivity index (χ0n) is 14.0. The highest BCUT2D eigenvalue weighted by molar-refractivity contribution is 7.99. The number of unbranched alkanes of at least 4 members (excludes halogenated alkanes) is 2. The number of thioether (sulfide) groups is 1. The molecule has 0 aliphatic carbocycles. The van der Waals surface area contributed by atoms with Crippen LogP contribution < -0.4 is 5.32 Å². The first-order valence-electron chi connectivity index (χ1n) is 7.99. The Kier molecular flexibility index (Phi) is 11.3. The van der Waals surface area contributed by atoms with Gasteiger partial charge in [-0.1, -0.05) is 19.8 Å². The minimum Gasteiger partial charge on any atom is -0.465 e. The first-order chi connectivity index (χ1) is 9.46. The van der Waals surface area contributed by atoms with Crippen molar-refractivity contribution in [3.05, 3.63) is 0 Å². The van der Waals surface area contributed by atoms with Gasteiger partial charge in [0, 0.05) is 6.04 Å². The molecule has 0 amide bonds. The molecule has 0 aromatic carbocycles. The molecule has 120 valence electrons. The van der Waals surface area contributed by atoms with E-state index in [4.69, 9.17) is 4.74 Å². The fourth-order valence-corrected chi connectivity index (χ4v) is 3.30. The van der Waals surface area contributed by atoms with Gasteiger partial charge in [-0.3, -0.25) is 10.1 Å². The normalized spacial score (nSPS) is 14.3. The summed E-state index contributed by atoms with van der Waals surface area (Å²) in [6, 6.07) is 0.281. The van der Waals surface area contributed by atoms with Crippen LogP contribution in [0.15, 0.2) is 0 Å². The number of hydrogen-bond donors (Lipinski definition) is 1. The highest BCUT2D eigenvalue weighted by Crippen LogP contribution is 2.19. The molecule has 0 saturated heterocycles. The number of hydrogen-bond acceptors (Lipinski definition) is 4. The van der Waals surface area contributed by atoms with Gasteiger partial charge in [-0.25, -0.2) is 0 Å². The monoisotopic (exact) mass is 303 g/mol. The quantitative estimate of drug-likeness (QED) is 0.437. The summed E-state index contributed by atoms with van der Waals surface area (Å²) >= 11 is 2.02. The first kappa shape index (κ1) is 19.8. The molecule has 1 unspecified atom stereocenters. The third-order valence-corrected chi connectivity index (χ3v) is 4.35. The molecule has 0 saturated carbocycles. The van der Waals surface area contributed by atoms with Gasteiger partial charge >= 0.3 is 5.97 Å². The first-order valence-corrected chi connectivity index (χ1v) is 9.14. The third-order valence-electron chi connectivity index (χ3n) is 3.19. The smallest absolute Gasteiger partial charge is 0.326 e. The topological polar surface area (TPSA) is 38.3 Å². The predicted octanol–water partition coefficient (Wildman–Crippen LogP) is 4.01. The highest BCUT2D eigenvalue weighted by Gasteiger charge is 2.34. The van der Waals surface area contributed by atoms with Gasteiger partial charge in [0.25, 0.3) is 0 Å². The van der Waals surface area contributed by atoms with Gasteiger partial charge in [0.05, 0.1) is 6.61 Å². The van der Waals surface area contributed by atoms with Crippen molar-refractivity contribution in [2.24, 2.45) is 0 Å². The molecule has 0 aromatic rings. The standard InChI is InChI=1S/C16H33NO2S/c1-6-8-12-20-13-10-9-11-16(5,17-14(3)4)15(18)19-7-2/h14,17H,6-13H2,1-5H3. The molecule has 0 radical (unpaired) electrons. The molecular weight excluding hydrogens is 270 g/mol. The molecule has 0 bridgehead atoms. The predicted molar refractivity (Wildman–Crippen MR) is 89.4 cm³/mol. The van der Waals surface area contributed by atoms with Gasteiger partial charge in [-0.05, 0) is 58.5 Å². The van der Waals surface area contributed by atoms with Gasteiger partial charge in [-0.2, -0.15) is 11.8 Å². The summed E-state index contributed by atoms with van der Waals surface area (Å²) in [6.07, 6.45) is 5.65. The zero-order chi connectivity index (χ0) is 15.4. The van der Waals surface area contributed by atoms with E-state index in [1.54, 1.807) is 0 Å². The highest BCUT2D eigenvalue weighted by atomic mass is 32.2. The van der Waals surface area contributed by atoms with Crippen LogP contribution in [0, 0.1) is 0 Å². The maximum atomic E-state index is 12.1. The Bertz CT molecular complexity index is 259. The van der Waals surface area contributed by atoms with Crippen molar-refractivity contribution in [2.45, 2.75) is 78.3 Å². The van der Waals surface area contributed by atoms with Crippen LogP contribution in [0.4, 0.5) is 0 Å². The fourth-order valence-electron chi connectivity index (χ4n) is 2.19. The minimum atomic E-state index is -0.543. The van der Waals surface area contributed by atoms with Gasteiger partial charge < -0.3 is 4.74 Å². The number of esters is 1. The Morgan fingerprint density at radius 1 is 1.20 bits per heavy atom. The van der Waals surface area contributed by atoms with Crippen molar-refractivity contribution in [1.29, 1.82) is 0 Å². The number of nitrogens with one attached hydrogen (secondary N) is 1. The Labute approximate surface area is 129 Å². The summed E-state index contributed by atoms with van der Waals surface area (Å²) in [6.45, 7) is 10.6. The summed E-state index contributed by atoms with van der Waals surface area (Å²) in [5.74, 6) is 2.34. The van der Waals surface area contributed by atoms with Crippen LogP contribution in [-0.4, -0.2) is 35.7 Å². The van der Waals surface area contributed by atoms with Crippen LogP contribution in [-0.2, 0) is 9.53 Å². The molecular formula is C16H33NO2S. The van der Waals surface area contributed by atoms with Gasteiger partial charge in [-0.15, -0.1) is 0 Å². The van der Waals surface area contributed by atoms with Crippen LogP contribution in [0.1, 0.15) is 66.7 Å². The molecule has 0 aliphatic heterocycles. The summed E-state index contributed by atoms with van der Waals surface area (Å²) in [5.41, 5.74) is -0.543. The van der Waals surface area contributed by atoms with E-state index in [1.165, 1.54) is 30.8 Å². The number of ether oxygens (including phenoxy) is 1. The summed E-state index contributed by atoms with van der Waals surface area (Å²) in [4.78, 5) is 12.1. The van der Waals surface area contributed by atoms with Crippen molar-refractivity contribution in [1.82, 2.24) is 5.32 Å². The summed E-state index contributed by atoms with van der Waals surface area (Å²) in [5, 5.41) is 3.37. The van der Waals surface area contributed by atoms with E-state index >= 15 is 0 Å². The number of rotatable bonds is 12. The minimum absolute atomic E-state index is 0.118. The van der Waals surface area contributed by atoms with E-state index in [9.17, 15) is 4.79 Å². The Hall–Kier alpha value is -0.220. The van der Waals surface area contributed by atoms with Crippen LogP contribution in [0.3, 0.4) is 0 Å². The Balaban J connectivity index is 4.07. The van der Waals surface area contributed by atoms with Crippen LogP contribution in [0.5, 0.6) is 0 Å². The van der Waals surface area contributed by atoms with E-state index in [1.807, 2.05) is 25.6 Å². The molecule has 4 heteroatoms. The second kappa shape index (κ2) is 11.4. The van der Waals surface area contributed by atoms with Crippen molar-refractivity contribution in [3.8, 4) is 0 Å². The lowest BCUT2D eigenvalue weighted by molar-refractivity contribution is -0.151. The largest absolute Gasteiger partial charge is 0.465 e. The van der Waals surface area contributed by atoms with Crippen molar-refractivity contribution < 1.29 is 9.53 Å². The fraction of sp³-hybridized carbons (Fsp3) is 0.938. The molecule has 0 spiro atoms. The molecule has 0 heterocycles. The van der Waals surface area contributed by atoms with Crippen LogP contribution in [0.2, 0.25) is 0 Å². The molecule has 0 fully saturated rings. The zero-order valence-corrected chi connectivity index (χ0v) is 14.8. The second-order valence-corrected chi connectivity index (χ2v) is 7.00. The second-order valence-electron chi connectivity index (χ2n) is 5.77. The lowest BCUT2D eigenvalue weighted by Gasteiger charge is -2.30. The molecule has 0 aliphatic rings. The SMILES string of the molecule is CCCCSCCCCC(C)(NC(C)C)C(=O)OCC. The van der Waals surface area contributed by atoms with Crippen molar-refractivity contribution in [3.63, 3.8) is 0 Å². The molecule has 1 atom stereocenters. The maximum Gasteiger partial charge on any atom is 0.326 e. The average Bonchev–Trinajstić information content (AvgIpc) is 2.37. The number of carbonyl (C=O) groups excluding carboxylic acids is 1. The molecule has 0 aromatic heterocycles. The van der Waals surface area contributed by atoms with Gasteiger partial charge in [0.1, 0.15) is 5.54 Å². The Morgan fingerprint density at radius 3 is 2.40 bits per heavy atom. The van der Waals surface area contributed by atoms with Gasteiger partial charge in [0.15, 0.2) is 0 Å². The van der Waals surface area contributed by atoms with E-state index in [0.29, 0.717) is 6.61 Å². The maximum absolute atomic E-state index is 12.1.